The molecule has 2 rings (SSSR count). The SMILES string of the molecule is CC/C=C\C/C=C\C/C=C\C/C=C\C/C=C\C/C=C\CCCCCCCCCCCCCCCCCCCCCCC(=O)NC(COC1OC(CO)C(OC2OC(CO)C(O)C(O)C2O)C(O)C1O)C(O)/C=C/CCCCCCCCCCCCCCCC. The summed E-state index contributed by atoms with van der Waals surface area (Å²) in [4.78, 5) is 13.3. The molecule has 0 bridgehead atoms. The van der Waals surface area contributed by atoms with E-state index in [4.69, 9.17) is 18.9 Å². The Bertz CT molecular complexity index is 1820. The molecule has 12 unspecified atom stereocenters. The first-order valence-corrected chi connectivity index (χ1v) is 36.3. The number of hydrogen-bond acceptors (Lipinski definition) is 13. The van der Waals surface area contributed by atoms with Gasteiger partial charge in [-0.15, -0.1) is 0 Å². The summed E-state index contributed by atoms with van der Waals surface area (Å²) in [5.74, 6) is -0.237. The molecule has 12 atom stereocenters. The minimum Gasteiger partial charge on any atom is -0.394 e. The van der Waals surface area contributed by atoms with Crippen molar-refractivity contribution in [2.75, 3.05) is 19.8 Å². The lowest BCUT2D eigenvalue weighted by molar-refractivity contribution is -0.359. The highest BCUT2D eigenvalue weighted by Gasteiger charge is 2.51. The maximum Gasteiger partial charge on any atom is 0.220 e. The van der Waals surface area contributed by atoms with Crippen LogP contribution in [-0.4, -0.2) is 140 Å². The Labute approximate surface area is 541 Å². The summed E-state index contributed by atoms with van der Waals surface area (Å²) in [5.41, 5.74) is 0. The van der Waals surface area contributed by atoms with Crippen LogP contribution >= 0.6 is 0 Å². The van der Waals surface area contributed by atoms with Gasteiger partial charge in [-0.05, 0) is 70.6 Å². The van der Waals surface area contributed by atoms with Gasteiger partial charge >= 0.3 is 0 Å². The van der Waals surface area contributed by atoms with Gasteiger partial charge in [-0.1, -0.05) is 298 Å². The van der Waals surface area contributed by atoms with Crippen LogP contribution in [0.15, 0.2) is 85.1 Å². The fraction of sp³-hybridized carbons (Fsp3) is 0.800. The quantitative estimate of drug-likeness (QED) is 0.0204. The number of carbonyl (C=O) groups excluding carboxylic acids is 1. The highest BCUT2D eigenvalue weighted by Crippen LogP contribution is 2.30. The summed E-state index contributed by atoms with van der Waals surface area (Å²) < 4.78 is 22.8. The van der Waals surface area contributed by atoms with Crippen LogP contribution in [0.4, 0.5) is 0 Å². The Kier molecular flexibility index (Phi) is 54.5. The third-order valence-corrected chi connectivity index (χ3v) is 17.3. The lowest BCUT2D eigenvalue weighted by Gasteiger charge is -2.46. The van der Waals surface area contributed by atoms with E-state index in [2.05, 4.69) is 92.1 Å². The summed E-state index contributed by atoms with van der Waals surface area (Å²) in [5, 5.41) is 87.4. The maximum atomic E-state index is 13.3. The Morgan fingerprint density at radius 3 is 1.19 bits per heavy atom. The number of nitrogens with one attached hydrogen (secondary N) is 1. The zero-order chi connectivity index (χ0) is 64.5. The maximum absolute atomic E-state index is 13.3. The number of aliphatic hydroxyl groups excluding tert-OH is 8. The Balaban J connectivity index is 1.58. The predicted octanol–water partition coefficient (Wildman–Crippen LogP) is 15.2. The van der Waals surface area contributed by atoms with Crippen LogP contribution in [0.3, 0.4) is 0 Å². The summed E-state index contributed by atoms with van der Waals surface area (Å²) in [6.07, 6.45) is 65.1. The molecule has 2 aliphatic heterocycles. The zero-order valence-corrected chi connectivity index (χ0v) is 56.2. The van der Waals surface area contributed by atoms with Gasteiger partial charge in [0.2, 0.25) is 5.91 Å². The summed E-state index contributed by atoms with van der Waals surface area (Å²) in [7, 11) is 0. The minimum absolute atomic E-state index is 0.237. The molecule has 2 saturated heterocycles. The predicted molar refractivity (Wildman–Crippen MR) is 364 cm³/mol. The topological polar surface area (TPSA) is 228 Å². The molecule has 9 N–H and O–H groups in total. The lowest BCUT2D eigenvalue weighted by Crippen LogP contribution is -2.65. The average molecular weight is 1260 g/mol. The Morgan fingerprint density at radius 1 is 0.416 bits per heavy atom. The molecular formula is C75H133NO13. The second-order valence-electron chi connectivity index (χ2n) is 25.3. The summed E-state index contributed by atoms with van der Waals surface area (Å²) in [6.45, 7) is 2.70. The first-order valence-electron chi connectivity index (χ1n) is 36.3. The molecule has 1 amide bonds. The van der Waals surface area contributed by atoms with Gasteiger partial charge < -0.3 is 65.1 Å². The van der Waals surface area contributed by atoms with Crippen LogP contribution < -0.4 is 5.32 Å². The van der Waals surface area contributed by atoms with Gasteiger partial charge in [-0.3, -0.25) is 4.79 Å². The summed E-state index contributed by atoms with van der Waals surface area (Å²) in [6, 6.07) is -0.916. The smallest absolute Gasteiger partial charge is 0.220 e. The molecule has 0 aromatic carbocycles. The van der Waals surface area contributed by atoms with E-state index in [1.54, 1.807) is 6.08 Å². The van der Waals surface area contributed by atoms with Gasteiger partial charge in [0.25, 0.3) is 0 Å². The largest absolute Gasteiger partial charge is 0.394 e. The van der Waals surface area contributed by atoms with Crippen LogP contribution in [0.2, 0.25) is 0 Å². The van der Waals surface area contributed by atoms with Crippen molar-refractivity contribution < 1.29 is 64.6 Å². The van der Waals surface area contributed by atoms with Crippen molar-refractivity contribution in [3.8, 4) is 0 Å². The standard InChI is InChI=1S/C75H133NO13/c1-3-5-7-9-11-13-15-17-19-21-22-23-24-25-26-27-28-29-30-31-32-33-34-35-36-37-38-39-40-41-42-43-45-47-49-51-53-55-57-59-67(80)76-63(64(79)58-56-54-52-50-48-46-44-20-18-16-14-12-10-8-6-4-2)62-86-74-72(85)70(83)73(66(61-78)88-74)89-75-71(84)69(82)68(81)65(60-77)87-75/h5,7,11,13,17,19,22-23,25-26,28-29,56,58,63-66,68-75,77-79,81-85H,3-4,6,8-10,12,14-16,18,20-21,24,27,30-55,57,59-62H2,1-2H3,(H,76,80)/b7-5-,13-11-,19-17-,23-22-,26-25-,29-28-,58-56+. The first kappa shape index (κ1) is 82.3. The van der Waals surface area contributed by atoms with Crippen molar-refractivity contribution in [3.63, 3.8) is 0 Å². The fourth-order valence-electron chi connectivity index (χ4n) is 11.6. The lowest BCUT2D eigenvalue weighted by atomic mass is 9.97. The highest BCUT2D eigenvalue weighted by atomic mass is 16.7. The molecule has 2 heterocycles. The number of ether oxygens (including phenoxy) is 4. The Morgan fingerprint density at radius 2 is 0.775 bits per heavy atom. The van der Waals surface area contributed by atoms with Crippen LogP contribution in [-0.2, 0) is 23.7 Å². The molecule has 0 radical (unpaired) electrons. The molecular weight excluding hydrogens is 1120 g/mol. The van der Waals surface area contributed by atoms with Gasteiger partial charge in [0.05, 0.1) is 32.0 Å². The van der Waals surface area contributed by atoms with Gasteiger partial charge in [0.1, 0.15) is 48.8 Å². The third-order valence-electron chi connectivity index (χ3n) is 17.3. The Hall–Kier alpha value is -2.83. The molecule has 2 fully saturated rings. The van der Waals surface area contributed by atoms with E-state index in [-0.39, 0.29) is 18.9 Å². The average Bonchev–Trinajstić information content (AvgIpc) is 2.55. The van der Waals surface area contributed by atoms with Crippen molar-refractivity contribution >= 4 is 5.91 Å². The molecule has 0 aromatic heterocycles. The van der Waals surface area contributed by atoms with Gasteiger partial charge in [0, 0.05) is 6.42 Å². The fourth-order valence-corrected chi connectivity index (χ4v) is 11.6. The molecule has 2 aliphatic rings. The van der Waals surface area contributed by atoms with Crippen LogP contribution in [0.25, 0.3) is 0 Å². The van der Waals surface area contributed by atoms with Crippen LogP contribution in [0.5, 0.6) is 0 Å². The second kappa shape index (κ2) is 59.0. The molecule has 0 aromatic rings. The van der Waals surface area contributed by atoms with Crippen LogP contribution in [0.1, 0.15) is 290 Å². The molecule has 89 heavy (non-hydrogen) atoms. The molecule has 14 nitrogen and oxygen atoms in total. The van der Waals surface area contributed by atoms with E-state index in [1.807, 2.05) is 6.08 Å². The number of allylic oxidation sites excluding steroid dienone is 13. The van der Waals surface area contributed by atoms with E-state index in [0.29, 0.717) is 6.42 Å². The number of aliphatic hydroxyl groups is 8. The van der Waals surface area contributed by atoms with Crippen molar-refractivity contribution in [3.05, 3.63) is 85.1 Å². The van der Waals surface area contributed by atoms with Gasteiger partial charge in [-0.2, -0.15) is 0 Å². The third kappa shape index (κ3) is 42.9. The van der Waals surface area contributed by atoms with Crippen molar-refractivity contribution in [1.29, 1.82) is 0 Å². The summed E-state index contributed by atoms with van der Waals surface area (Å²) >= 11 is 0. The number of hydrogen-bond donors (Lipinski definition) is 9. The number of carbonyl (C=O) groups is 1. The number of amides is 1. The number of rotatable bonds is 59. The van der Waals surface area contributed by atoms with Crippen LogP contribution in [0, 0.1) is 0 Å². The molecule has 0 spiro atoms. The van der Waals surface area contributed by atoms with E-state index in [9.17, 15) is 45.6 Å². The van der Waals surface area contributed by atoms with E-state index in [1.165, 1.54) is 186 Å². The van der Waals surface area contributed by atoms with E-state index < -0.39 is 86.8 Å². The van der Waals surface area contributed by atoms with Crippen molar-refractivity contribution in [1.82, 2.24) is 5.32 Å². The van der Waals surface area contributed by atoms with Crippen molar-refractivity contribution in [2.24, 2.45) is 0 Å². The molecule has 14 heteroatoms. The van der Waals surface area contributed by atoms with Gasteiger partial charge in [0.15, 0.2) is 12.6 Å². The van der Waals surface area contributed by atoms with Crippen molar-refractivity contribution in [2.45, 2.75) is 364 Å². The van der Waals surface area contributed by atoms with E-state index in [0.717, 1.165) is 77.0 Å². The monoisotopic (exact) mass is 1260 g/mol. The molecule has 516 valence electrons. The van der Waals surface area contributed by atoms with Gasteiger partial charge in [-0.25, -0.2) is 0 Å². The second-order valence-corrected chi connectivity index (χ2v) is 25.3. The minimum atomic E-state index is -1.79. The highest BCUT2D eigenvalue weighted by molar-refractivity contribution is 5.76. The van der Waals surface area contributed by atoms with E-state index >= 15 is 0 Å². The number of unbranched alkanes of at least 4 members (excludes halogenated alkanes) is 34. The zero-order valence-electron chi connectivity index (χ0n) is 56.2. The first-order chi connectivity index (χ1) is 43.6. The molecule has 0 aliphatic carbocycles. The normalized spacial score (nSPS) is 23.5. The molecule has 0 saturated carbocycles.